The van der Waals surface area contributed by atoms with Crippen molar-refractivity contribution < 1.29 is 4.52 Å². The van der Waals surface area contributed by atoms with Crippen LogP contribution in [0.4, 0.5) is 0 Å². The molecule has 0 bridgehead atoms. The Hall–Kier alpha value is -1.10. The second kappa shape index (κ2) is 5.35. The van der Waals surface area contributed by atoms with Gasteiger partial charge >= 0.3 is 0 Å². The number of nitrogens with zero attached hydrogens (tertiary/aromatic N) is 2. The van der Waals surface area contributed by atoms with Crippen molar-refractivity contribution in [2.24, 2.45) is 0 Å². The van der Waals surface area contributed by atoms with Crippen LogP contribution in [0.15, 0.2) is 22.7 Å². The Morgan fingerprint density at radius 3 is 2.95 bits per heavy atom. The van der Waals surface area contributed by atoms with Gasteiger partial charge in [0, 0.05) is 16.5 Å². The summed E-state index contributed by atoms with van der Waals surface area (Å²) in [7, 11) is 0. The predicted octanol–water partition coefficient (Wildman–Crippen LogP) is 3.57. The first kappa shape index (κ1) is 13.9. The summed E-state index contributed by atoms with van der Waals surface area (Å²) in [6, 6.07) is 5.42. The van der Waals surface area contributed by atoms with Crippen molar-refractivity contribution in [1.82, 2.24) is 15.5 Å². The average Bonchev–Trinajstić information content (AvgIpc) is 3.03. The molecule has 4 nitrogen and oxygen atoms in total. The third-order valence-electron chi connectivity index (χ3n) is 3.67. The van der Waals surface area contributed by atoms with Crippen LogP contribution in [0.1, 0.15) is 37.0 Å². The molecule has 0 amide bonds. The molecule has 3 rings (SSSR count). The number of benzene rings is 1. The van der Waals surface area contributed by atoms with Crippen LogP contribution in [-0.2, 0) is 12.0 Å². The normalized spacial score (nSPS) is 22.4. The zero-order chi connectivity index (χ0) is 14.2. The van der Waals surface area contributed by atoms with E-state index in [9.17, 15) is 0 Å². The van der Waals surface area contributed by atoms with E-state index < -0.39 is 0 Å². The van der Waals surface area contributed by atoms with Gasteiger partial charge in [-0.15, -0.1) is 0 Å². The lowest BCUT2D eigenvalue weighted by molar-refractivity contribution is 0.274. The first-order valence-corrected chi connectivity index (χ1v) is 7.34. The summed E-state index contributed by atoms with van der Waals surface area (Å²) in [6.45, 7) is 3.07. The molecule has 1 aliphatic heterocycles. The van der Waals surface area contributed by atoms with Crippen LogP contribution in [-0.4, -0.2) is 16.7 Å². The average molecular weight is 312 g/mol. The topological polar surface area (TPSA) is 51.0 Å². The van der Waals surface area contributed by atoms with Crippen molar-refractivity contribution in [3.05, 3.63) is 45.5 Å². The molecule has 1 saturated heterocycles. The van der Waals surface area contributed by atoms with E-state index in [1.165, 1.54) is 0 Å². The maximum atomic E-state index is 6.16. The Bertz CT molecular complexity index is 621. The molecular formula is C14H15Cl2N3O. The van der Waals surface area contributed by atoms with Gasteiger partial charge in [-0.2, -0.15) is 4.98 Å². The molecule has 0 saturated carbocycles. The molecule has 1 aromatic carbocycles. The van der Waals surface area contributed by atoms with Gasteiger partial charge in [0.05, 0.1) is 5.54 Å². The standard InChI is InChI=1S/C14H15Cl2N3O/c1-14(5-2-6-17-14)13-18-12(19-20-13)7-9-3-4-10(15)8-11(9)16/h3-4,8,17H,2,5-7H2,1H3. The molecule has 1 fully saturated rings. The highest BCUT2D eigenvalue weighted by molar-refractivity contribution is 6.35. The van der Waals surface area contributed by atoms with E-state index in [2.05, 4.69) is 22.4 Å². The maximum absolute atomic E-state index is 6.16. The zero-order valence-electron chi connectivity index (χ0n) is 11.1. The van der Waals surface area contributed by atoms with E-state index in [0.717, 1.165) is 24.9 Å². The summed E-state index contributed by atoms with van der Waals surface area (Å²) < 4.78 is 5.39. The van der Waals surface area contributed by atoms with E-state index >= 15 is 0 Å². The molecule has 1 atom stereocenters. The minimum Gasteiger partial charge on any atom is -0.337 e. The number of hydrogen-bond donors (Lipinski definition) is 1. The third-order valence-corrected chi connectivity index (χ3v) is 4.26. The fourth-order valence-electron chi connectivity index (χ4n) is 2.46. The number of rotatable bonds is 3. The molecule has 0 spiro atoms. The highest BCUT2D eigenvalue weighted by Gasteiger charge is 2.35. The van der Waals surface area contributed by atoms with E-state index in [0.29, 0.717) is 28.2 Å². The molecule has 1 unspecified atom stereocenters. The van der Waals surface area contributed by atoms with Gasteiger partial charge in [-0.3, -0.25) is 0 Å². The van der Waals surface area contributed by atoms with Gasteiger partial charge in [-0.05, 0) is 44.0 Å². The highest BCUT2D eigenvalue weighted by atomic mass is 35.5. The SMILES string of the molecule is CC1(c2nc(Cc3ccc(Cl)cc3Cl)no2)CCCN1. The summed E-state index contributed by atoms with van der Waals surface area (Å²) in [6.07, 6.45) is 2.67. The number of hydrogen-bond acceptors (Lipinski definition) is 4. The van der Waals surface area contributed by atoms with Crippen LogP contribution < -0.4 is 5.32 Å². The molecule has 2 heterocycles. The van der Waals surface area contributed by atoms with Crippen LogP contribution in [0.2, 0.25) is 10.0 Å². The van der Waals surface area contributed by atoms with Gasteiger partial charge in [0.15, 0.2) is 5.82 Å². The van der Waals surface area contributed by atoms with Gasteiger partial charge in [-0.25, -0.2) is 0 Å². The molecule has 106 valence electrons. The molecule has 1 N–H and O–H groups in total. The first-order chi connectivity index (χ1) is 9.57. The number of nitrogens with one attached hydrogen (secondary N) is 1. The molecule has 1 aliphatic rings. The van der Waals surface area contributed by atoms with Gasteiger partial charge in [0.1, 0.15) is 0 Å². The largest absolute Gasteiger partial charge is 0.337 e. The van der Waals surface area contributed by atoms with Crippen LogP contribution in [0.3, 0.4) is 0 Å². The molecule has 2 aromatic rings. The third kappa shape index (κ3) is 2.68. The monoisotopic (exact) mass is 311 g/mol. The van der Waals surface area contributed by atoms with E-state index in [1.54, 1.807) is 6.07 Å². The fraction of sp³-hybridized carbons (Fsp3) is 0.429. The Labute approximate surface area is 127 Å². The molecule has 1 aromatic heterocycles. The van der Waals surface area contributed by atoms with Crippen molar-refractivity contribution in [2.75, 3.05) is 6.54 Å². The lowest BCUT2D eigenvalue weighted by Crippen LogP contribution is -2.33. The van der Waals surface area contributed by atoms with E-state index in [-0.39, 0.29) is 5.54 Å². The van der Waals surface area contributed by atoms with Crippen LogP contribution in [0.5, 0.6) is 0 Å². The molecule has 0 aliphatic carbocycles. The Morgan fingerprint density at radius 2 is 2.25 bits per heavy atom. The van der Waals surface area contributed by atoms with E-state index in [1.807, 2.05) is 12.1 Å². The molecule has 20 heavy (non-hydrogen) atoms. The molecular weight excluding hydrogens is 297 g/mol. The summed E-state index contributed by atoms with van der Waals surface area (Å²) >= 11 is 12.0. The zero-order valence-corrected chi connectivity index (χ0v) is 12.6. The molecule has 0 radical (unpaired) electrons. The minimum atomic E-state index is -0.199. The van der Waals surface area contributed by atoms with Crippen LogP contribution in [0.25, 0.3) is 0 Å². The number of aromatic nitrogens is 2. The van der Waals surface area contributed by atoms with Crippen molar-refractivity contribution in [2.45, 2.75) is 31.7 Å². The number of halogens is 2. The van der Waals surface area contributed by atoms with Crippen molar-refractivity contribution in [3.63, 3.8) is 0 Å². The summed E-state index contributed by atoms with van der Waals surface area (Å²) in [5.74, 6) is 1.29. The quantitative estimate of drug-likeness (QED) is 0.941. The minimum absolute atomic E-state index is 0.199. The summed E-state index contributed by atoms with van der Waals surface area (Å²) in [4.78, 5) is 4.49. The van der Waals surface area contributed by atoms with Crippen LogP contribution in [0, 0.1) is 0 Å². The Kier molecular flexibility index (Phi) is 3.71. The second-order valence-corrected chi connectivity index (χ2v) is 6.13. The van der Waals surface area contributed by atoms with Gasteiger partial charge in [0.2, 0.25) is 5.89 Å². The highest BCUT2D eigenvalue weighted by Crippen LogP contribution is 2.29. The summed E-state index contributed by atoms with van der Waals surface area (Å²) in [5.41, 5.74) is 0.739. The van der Waals surface area contributed by atoms with Crippen LogP contribution >= 0.6 is 23.2 Å². The first-order valence-electron chi connectivity index (χ1n) is 6.59. The smallest absolute Gasteiger partial charge is 0.246 e. The van der Waals surface area contributed by atoms with Gasteiger partial charge in [-0.1, -0.05) is 34.4 Å². The summed E-state index contributed by atoms with van der Waals surface area (Å²) in [5, 5.41) is 8.69. The maximum Gasteiger partial charge on any atom is 0.246 e. The van der Waals surface area contributed by atoms with Gasteiger partial charge < -0.3 is 9.84 Å². The second-order valence-electron chi connectivity index (χ2n) is 5.29. The fourth-order valence-corrected chi connectivity index (χ4v) is 2.94. The Balaban J connectivity index is 1.80. The van der Waals surface area contributed by atoms with Crippen molar-refractivity contribution in [1.29, 1.82) is 0 Å². The molecule has 6 heteroatoms. The van der Waals surface area contributed by atoms with Gasteiger partial charge in [0.25, 0.3) is 0 Å². The van der Waals surface area contributed by atoms with E-state index in [4.69, 9.17) is 27.7 Å². The Morgan fingerprint density at radius 1 is 1.40 bits per heavy atom. The lowest BCUT2D eigenvalue weighted by Gasteiger charge is -2.18. The predicted molar refractivity (Wildman–Crippen MR) is 78.2 cm³/mol. The lowest BCUT2D eigenvalue weighted by atomic mass is 10.0. The van der Waals surface area contributed by atoms with Crippen molar-refractivity contribution >= 4 is 23.2 Å². The van der Waals surface area contributed by atoms with Crippen molar-refractivity contribution in [3.8, 4) is 0 Å².